The highest BCUT2D eigenvalue weighted by atomic mass is 79.9. The van der Waals surface area contributed by atoms with E-state index in [0.717, 1.165) is 24.1 Å². The van der Waals surface area contributed by atoms with E-state index >= 15 is 0 Å². The van der Waals surface area contributed by atoms with Gasteiger partial charge in [-0.15, -0.1) is 0 Å². The molecule has 0 aromatic carbocycles. The van der Waals surface area contributed by atoms with Crippen LogP contribution < -0.4 is 0 Å². The van der Waals surface area contributed by atoms with Crippen molar-refractivity contribution in [1.82, 2.24) is 0 Å². The lowest BCUT2D eigenvalue weighted by molar-refractivity contribution is -0.153. The first-order chi connectivity index (χ1) is 5.61. The minimum absolute atomic E-state index is 0.341. The lowest BCUT2D eigenvalue weighted by Crippen LogP contribution is -2.23. The predicted molar refractivity (Wildman–Crippen MR) is 50.3 cm³/mol. The number of hydrogen-bond acceptors (Lipinski definition) is 2. The normalized spacial score (nSPS) is 44.8. The van der Waals surface area contributed by atoms with Gasteiger partial charge in [-0.25, -0.2) is 0 Å². The van der Waals surface area contributed by atoms with Crippen molar-refractivity contribution >= 4 is 15.9 Å². The van der Waals surface area contributed by atoms with Crippen molar-refractivity contribution < 1.29 is 9.47 Å². The number of ether oxygens (including phenoxy) is 2. The van der Waals surface area contributed by atoms with Gasteiger partial charge in [0, 0.05) is 5.33 Å². The average molecular weight is 235 g/mol. The summed E-state index contributed by atoms with van der Waals surface area (Å²) in [6.45, 7) is 3.99. The van der Waals surface area contributed by atoms with E-state index < -0.39 is 0 Å². The van der Waals surface area contributed by atoms with Gasteiger partial charge in [-0.2, -0.15) is 0 Å². The molecule has 0 N–H and O–H groups in total. The first-order valence-corrected chi connectivity index (χ1v) is 5.64. The lowest BCUT2D eigenvalue weighted by Gasteiger charge is -2.19. The van der Waals surface area contributed by atoms with Gasteiger partial charge in [0.05, 0.1) is 12.2 Å². The van der Waals surface area contributed by atoms with Crippen molar-refractivity contribution in [3.05, 3.63) is 0 Å². The third-order valence-corrected chi connectivity index (χ3v) is 3.55. The highest BCUT2D eigenvalue weighted by Crippen LogP contribution is 2.41. The van der Waals surface area contributed by atoms with Crippen LogP contribution in [-0.4, -0.2) is 23.3 Å². The van der Waals surface area contributed by atoms with E-state index in [0.29, 0.717) is 12.2 Å². The van der Waals surface area contributed by atoms with Crippen LogP contribution in [0.25, 0.3) is 0 Å². The molecule has 1 unspecified atom stereocenters. The fourth-order valence-electron chi connectivity index (χ4n) is 2.19. The summed E-state index contributed by atoms with van der Waals surface area (Å²) in [5.74, 6) is 0.406. The zero-order valence-electron chi connectivity index (χ0n) is 7.55. The van der Waals surface area contributed by atoms with E-state index in [4.69, 9.17) is 9.47 Å². The second kappa shape index (κ2) is 2.96. The van der Waals surface area contributed by atoms with Gasteiger partial charge < -0.3 is 9.47 Å². The summed E-state index contributed by atoms with van der Waals surface area (Å²) in [5, 5.41) is 1.08. The Balaban J connectivity index is 1.97. The molecule has 0 amide bonds. The molecule has 0 aromatic heterocycles. The fourth-order valence-corrected chi connectivity index (χ4v) is 2.72. The Bertz CT molecular complexity index is 165. The molecule has 1 aliphatic carbocycles. The van der Waals surface area contributed by atoms with Gasteiger partial charge >= 0.3 is 0 Å². The van der Waals surface area contributed by atoms with E-state index in [2.05, 4.69) is 15.9 Å². The molecule has 0 bridgehead atoms. The SMILES string of the molecule is CC1(C)O[C@H]2CC(CBr)C[C@H]2O1. The van der Waals surface area contributed by atoms with Crippen LogP contribution in [0, 0.1) is 5.92 Å². The monoisotopic (exact) mass is 234 g/mol. The Morgan fingerprint density at radius 1 is 1.25 bits per heavy atom. The van der Waals surface area contributed by atoms with Gasteiger partial charge in [0.25, 0.3) is 0 Å². The van der Waals surface area contributed by atoms with Crippen LogP contribution in [0.4, 0.5) is 0 Å². The molecule has 3 atom stereocenters. The maximum atomic E-state index is 5.76. The van der Waals surface area contributed by atoms with Crippen molar-refractivity contribution in [2.24, 2.45) is 5.92 Å². The van der Waals surface area contributed by atoms with Crippen molar-refractivity contribution in [1.29, 1.82) is 0 Å². The molecule has 1 heterocycles. The molecule has 1 saturated carbocycles. The summed E-state index contributed by atoms with van der Waals surface area (Å²) >= 11 is 3.50. The van der Waals surface area contributed by atoms with Crippen molar-refractivity contribution in [2.75, 3.05) is 5.33 Å². The smallest absolute Gasteiger partial charge is 0.163 e. The molecule has 3 heteroatoms. The van der Waals surface area contributed by atoms with Crippen LogP contribution in [0.3, 0.4) is 0 Å². The summed E-state index contributed by atoms with van der Waals surface area (Å²) < 4.78 is 11.5. The minimum atomic E-state index is -0.341. The Labute approximate surface area is 81.7 Å². The Kier molecular flexibility index (Phi) is 2.22. The van der Waals surface area contributed by atoms with Crippen LogP contribution in [0.15, 0.2) is 0 Å². The molecule has 12 heavy (non-hydrogen) atoms. The molecule has 1 aliphatic heterocycles. The number of fused-ring (bicyclic) bond motifs is 1. The van der Waals surface area contributed by atoms with Gasteiger partial charge in [0.1, 0.15) is 0 Å². The molecule has 1 saturated heterocycles. The molecule has 70 valence electrons. The summed E-state index contributed by atoms with van der Waals surface area (Å²) in [4.78, 5) is 0. The summed E-state index contributed by atoms with van der Waals surface area (Å²) in [5.41, 5.74) is 0. The van der Waals surface area contributed by atoms with Crippen LogP contribution >= 0.6 is 15.9 Å². The van der Waals surface area contributed by atoms with Gasteiger partial charge in [-0.1, -0.05) is 15.9 Å². The number of halogens is 1. The number of rotatable bonds is 1. The van der Waals surface area contributed by atoms with Crippen LogP contribution in [-0.2, 0) is 9.47 Å². The van der Waals surface area contributed by atoms with E-state index in [-0.39, 0.29) is 5.79 Å². The molecule has 0 aromatic rings. The van der Waals surface area contributed by atoms with Gasteiger partial charge in [0.15, 0.2) is 5.79 Å². The van der Waals surface area contributed by atoms with Gasteiger partial charge in [0.2, 0.25) is 0 Å². The molecule has 2 aliphatic rings. The highest BCUT2D eigenvalue weighted by molar-refractivity contribution is 9.09. The molecule has 2 rings (SSSR count). The summed E-state index contributed by atoms with van der Waals surface area (Å²) in [6, 6.07) is 0. The second-order valence-electron chi connectivity index (χ2n) is 4.20. The number of hydrogen-bond donors (Lipinski definition) is 0. The maximum Gasteiger partial charge on any atom is 0.163 e. The molecular weight excluding hydrogens is 220 g/mol. The van der Waals surface area contributed by atoms with E-state index in [1.807, 2.05) is 13.8 Å². The Hall–Kier alpha value is 0.400. The lowest BCUT2D eigenvalue weighted by atomic mass is 10.1. The first kappa shape index (κ1) is 8.97. The average Bonchev–Trinajstić information content (AvgIpc) is 2.40. The van der Waals surface area contributed by atoms with Crippen molar-refractivity contribution in [3.63, 3.8) is 0 Å². The minimum Gasteiger partial charge on any atom is -0.345 e. The molecule has 0 spiro atoms. The topological polar surface area (TPSA) is 18.5 Å². The Morgan fingerprint density at radius 2 is 1.75 bits per heavy atom. The summed E-state index contributed by atoms with van der Waals surface area (Å²) in [7, 11) is 0. The van der Waals surface area contributed by atoms with Crippen molar-refractivity contribution in [2.45, 2.75) is 44.7 Å². The standard InChI is InChI=1S/C9H15BrO2/c1-9(2)11-7-3-6(5-10)4-8(7)12-9/h6-8H,3-5H2,1-2H3/t6?,7-,8+. The zero-order chi connectivity index (χ0) is 8.77. The van der Waals surface area contributed by atoms with Gasteiger partial charge in [-0.3, -0.25) is 0 Å². The summed E-state index contributed by atoms with van der Waals surface area (Å²) in [6.07, 6.45) is 3.00. The van der Waals surface area contributed by atoms with Crippen LogP contribution in [0.1, 0.15) is 26.7 Å². The third kappa shape index (κ3) is 1.54. The molecule has 2 nitrogen and oxygen atoms in total. The second-order valence-corrected chi connectivity index (χ2v) is 4.85. The van der Waals surface area contributed by atoms with Gasteiger partial charge in [-0.05, 0) is 32.6 Å². The molecule has 0 radical (unpaired) electrons. The van der Waals surface area contributed by atoms with Crippen LogP contribution in [0.5, 0.6) is 0 Å². The third-order valence-electron chi connectivity index (χ3n) is 2.63. The molecule has 2 fully saturated rings. The fraction of sp³-hybridized carbons (Fsp3) is 1.00. The van der Waals surface area contributed by atoms with Crippen molar-refractivity contribution in [3.8, 4) is 0 Å². The molecular formula is C9H15BrO2. The number of alkyl halides is 1. The Morgan fingerprint density at radius 3 is 2.17 bits per heavy atom. The van der Waals surface area contributed by atoms with E-state index in [1.165, 1.54) is 0 Å². The predicted octanol–water partition coefficient (Wildman–Crippen LogP) is 2.31. The van der Waals surface area contributed by atoms with E-state index in [9.17, 15) is 0 Å². The quantitative estimate of drug-likeness (QED) is 0.649. The highest BCUT2D eigenvalue weighted by Gasteiger charge is 2.46. The first-order valence-electron chi connectivity index (χ1n) is 4.52. The van der Waals surface area contributed by atoms with E-state index in [1.54, 1.807) is 0 Å². The largest absolute Gasteiger partial charge is 0.345 e. The zero-order valence-corrected chi connectivity index (χ0v) is 9.13. The maximum absolute atomic E-state index is 5.76. The van der Waals surface area contributed by atoms with Crippen LogP contribution in [0.2, 0.25) is 0 Å².